The number of anilines is 5. The molecular formula is C101H76F15N19O8S. The number of benzene rings is 10. The third kappa shape index (κ3) is 23.4. The van der Waals surface area contributed by atoms with Gasteiger partial charge in [0, 0.05) is 49.6 Å². The molecule has 0 radical (unpaired) electrons. The van der Waals surface area contributed by atoms with Crippen LogP contribution in [-0.4, -0.2) is 98.5 Å². The van der Waals surface area contributed by atoms with Crippen molar-refractivity contribution in [2.45, 2.75) is 91.3 Å². The largest absolute Gasteiger partial charge is 0.459 e. The second-order valence-corrected chi connectivity index (χ2v) is 33.0. The first-order valence-corrected chi connectivity index (χ1v) is 44.2. The predicted molar refractivity (Wildman–Crippen MR) is 505 cm³/mol. The van der Waals surface area contributed by atoms with Crippen molar-refractivity contribution < 1.29 is 103 Å². The molecule has 0 fully saturated rings. The van der Waals surface area contributed by atoms with Crippen LogP contribution in [-0.2, 0) is 63.6 Å². The van der Waals surface area contributed by atoms with E-state index in [-0.39, 0.29) is 61.8 Å². The number of alkyl halides is 15. The van der Waals surface area contributed by atoms with Crippen molar-refractivity contribution in [1.29, 1.82) is 0 Å². The number of oxazole rings is 1. The molecule has 0 aliphatic heterocycles. The quantitative estimate of drug-likeness (QED) is 0.0386. The molecule has 0 spiro atoms. The minimum atomic E-state index is -4.38. The molecule has 6 N–H and O–H groups in total. The van der Waals surface area contributed by atoms with Crippen LogP contribution in [0.5, 0.6) is 0 Å². The van der Waals surface area contributed by atoms with E-state index in [1.807, 2.05) is 116 Å². The summed E-state index contributed by atoms with van der Waals surface area (Å²) in [6.45, 7) is 8.21. The molecule has 20 rings (SSSR count). The average Bonchev–Trinajstić information content (AvgIpc) is 1.66. The second-order valence-electron chi connectivity index (χ2n) is 32.3. The molecule has 734 valence electrons. The summed E-state index contributed by atoms with van der Waals surface area (Å²) in [7, 11) is 0. The Morgan fingerprint density at radius 3 is 0.903 bits per heavy atom. The summed E-state index contributed by atoms with van der Waals surface area (Å²) in [5.41, 5.74) is 8.12. The Labute approximate surface area is 808 Å². The van der Waals surface area contributed by atoms with E-state index >= 15 is 0 Å². The third-order valence-corrected chi connectivity index (χ3v) is 22.9. The number of carbonyl (C=O) groups excluding carboxylic acids is 5. The van der Waals surface area contributed by atoms with Gasteiger partial charge in [-0.2, -0.15) is 91.3 Å². The van der Waals surface area contributed by atoms with Crippen molar-refractivity contribution in [3.63, 3.8) is 0 Å². The highest BCUT2D eigenvalue weighted by Gasteiger charge is 2.35. The molecule has 10 aromatic carbocycles. The van der Waals surface area contributed by atoms with Crippen LogP contribution in [0.1, 0.15) is 131 Å². The number of aromatic nitrogens is 14. The molecule has 0 bridgehead atoms. The number of rotatable bonds is 20. The van der Waals surface area contributed by atoms with Gasteiger partial charge in [0.25, 0.3) is 29.5 Å². The van der Waals surface area contributed by atoms with E-state index in [0.29, 0.717) is 96.0 Å². The highest BCUT2D eigenvalue weighted by Crippen LogP contribution is 2.38. The summed E-state index contributed by atoms with van der Waals surface area (Å²) in [6, 6.07) is 64.6. The highest BCUT2D eigenvalue weighted by molar-refractivity contribution is 7.07. The molecule has 10 heterocycles. The zero-order valence-corrected chi connectivity index (χ0v) is 76.2. The van der Waals surface area contributed by atoms with Crippen LogP contribution < -0.4 is 26.6 Å². The Balaban J connectivity index is 0.000000129. The van der Waals surface area contributed by atoms with E-state index in [1.54, 1.807) is 85.5 Å². The fraction of sp³-hybridized carbons (Fsp3) is 0.139. The Morgan fingerprint density at radius 2 is 0.639 bits per heavy atom. The van der Waals surface area contributed by atoms with E-state index in [0.717, 1.165) is 110 Å². The van der Waals surface area contributed by atoms with Gasteiger partial charge in [0.15, 0.2) is 46.9 Å². The van der Waals surface area contributed by atoms with Crippen LogP contribution >= 0.6 is 11.3 Å². The van der Waals surface area contributed by atoms with E-state index < -0.39 is 76.4 Å². The van der Waals surface area contributed by atoms with Gasteiger partial charge in [-0.3, -0.25) is 47.4 Å². The lowest BCUT2D eigenvalue weighted by molar-refractivity contribution is -0.138. The standard InChI is InChI=1S/C21H17F3N4O.C21H16F3N3O2.2C20H15F3N4O2.C19H13F3N4OS/c1-13-10-11-25-18(13)20(29)26-19-16-4-2-3-5-17(16)28(27-19)12-14-6-8-15(9-7-14)21(22,23)24;1-13-10-11-29-18(13)20(28)25-19-16-4-2-3-5-17(16)27(26-19)12-14-6-8-15(9-7-14)21(22,23)24;1-12-17(24-11-29-12)19(28)25-18-15-4-2-3-5-16(15)27(26-18)10-13-6-8-14(9-7-13)20(21,22)23;1-12-10-24-29-17(12)19(28)25-18-15-4-2-3-5-16(15)27(26-18)11-13-6-8-14(9-7-13)20(21,22)23;20-19(21,22)13-7-5-12(6-8-13)9-26-16-4-2-1-3-14(16)17(25-26)24-18(27)15-10-28-11-23-15/h2-11,25H,12H2,1H3,(H,26,27,29);2-11H,12H2,1H3,(H,25,26,28);2-9,11H,10H2,1H3,(H,25,26,28);2-10H,11H2,1H3,(H,25,26,28);1-8,10-11H,9H2,(H,24,25,27). The normalized spacial score (nSPS) is 11.7. The molecule has 0 saturated carbocycles. The number of nitrogens with zero attached hydrogens (tertiary/aromatic N) is 13. The molecular weight excluding hydrogens is 1920 g/mol. The van der Waals surface area contributed by atoms with Crippen LogP contribution in [0.3, 0.4) is 0 Å². The van der Waals surface area contributed by atoms with Crippen LogP contribution in [0.2, 0.25) is 0 Å². The number of hydrogen-bond acceptors (Lipinski definition) is 17. The van der Waals surface area contributed by atoms with E-state index in [9.17, 15) is 89.8 Å². The fourth-order valence-corrected chi connectivity index (χ4v) is 15.6. The van der Waals surface area contributed by atoms with Gasteiger partial charge < -0.3 is 44.9 Å². The van der Waals surface area contributed by atoms with Gasteiger partial charge in [-0.1, -0.05) is 126 Å². The number of aryl methyl sites for hydroxylation is 4. The van der Waals surface area contributed by atoms with Crippen molar-refractivity contribution in [2.24, 2.45) is 0 Å². The monoisotopic (exact) mass is 2000 g/mol. The lowest BCUT2D eigenvalue weighted by Crippen LogP contribution is -2.14. The molecule has 0 saturated heterocycles. The maximum atomic E-state index is 12.8. The first-order chi connectivity index (χ1) is 68.7. The van der Waals surface area contributed by atoms with Crippen LogP contribution in [0, 0.1) is 27.7 Å². The van der Waals surface area contributed by atoms with Crippen molar-refractivity contribution >= 4 is 124 Å². The Bertz CT molecular complexity index is 7240. The van der Waals surface area contributed by atoms with Gasteiger partial charge in [0.2, 0.25) is 5.76 Å². The van der Waals surface area contributed by atoms with E-state index in [4.69, 9.17) is 13.4 Å². The molecule has 10 aromatic heterocycles. The fourth-order valence-electron chi connectivity index (χ4n) is 15.1. The Kier molecular flexibility index (Phi) is 28.9. The number of hydrogen-bond donors (Lipinski definition) is 6. The number of nitrogens with one attached hydrogen (secondary N) is 6. The SMILES string of the molecule is Cc1cc[nH]c1C(=O)Nc1nn(Cc2ccc(C(F)(F)F)cc2)c2ccccc12.Cc1ccoc1C(=O)Nc1nn(Cc2ccc(C(F)(F)F)cc2)c2ccccc12.Cc1cnoc1C(=O)Nc1nn(Cc2ccc(C(F)(F)F)cc2)c2ccccc12.Cc1ocnc1C(=O)Nc1nn(Cc2ccc(C(F)(F)F)cc2)c2ccccc12.O=C(Nc1nn(Cc2ccc(C(F)(F)F)cc2)c2ccccc12)c1cscn1. The second kappa shape index (κ2) is 41.9. The molecule has 20 aromatic rings. The summed E-state index contributed by atoms with van der Waals surface area (Å²) in [6.07, 6.45) is -16.1. The van der Waals surface area contributed by atoms with Gasteiger partial charge in [-0.05, 0) is 195 Å². The maximum absolute atomic E-state index is 12.8. The van der Waals surface area contributed by atoms with Crippen molar-refractivity contribution in [3.8, 4) is 0 Å². The summed E-state index contributed by atoms with van der Waals surface area (Å²) < 4.78 is 215. The van der Waals surface area contributed by atoms with Crippen molar-refractivity contribution in [1.82, 2.24) is 69.0 Å². The van der Waals surface area contributed by atoms with Gasteiger partial charge in [0.05, 0.1) is 106 Å². The van der Waals surface area contributed by atoms with E-state index in [2.05, 4.69) is 72.2 Å². The van der Waals surface area contributed by atoms with Crippen LogP contribution in [0.4, 0.5) is 94.9 Å². The molecule has 0 aliphatic rings. The zero-order chi connectivity index (χ0) is 102. The number of aromatic amines is 1. The number of H-pyrrole nitrogens is 1. The molecule has 43 heteroatoms. The molecule has 5 amide bonds. The van der Waals surface area contributed by atoms with E-state index in [1.165, 1.54) is 90.9 Å². The number of amides is 5. The van der Waals surface area contributed by atoms with Gasteiger partial charge in [-0.25, -0.2) is 9.97 Å². The maximum Gasteiger partial charge on any atom is 0.416 e. The Hall–Kier alpha value is -17.5. The minimum Gasteiger partial charge on any atom is -0.459 e. The van der Waals surface area contributed by atoms with Crippen LogP contribution in [0.25, 0.3) is 54.5 Å². The highest BCUT2D eigenvalue weighted by atomic mass is 32.1. The number of para-hydroxylation sites is 5. The minimum absolute atomic E-state index is 0.0892. The van der Waals surface area contributed by atoms with Crippen molar-refractivity contribution in [2.75, 3.05) is 26.6 Å². The summed E-state index contributed by atoms with van der Waals surface area (Å²) in [4.78, 5) is 73.0. The molecule has 144 heavy (non-hydrogen) atoms. The predicted octanol–water partition coefficient (Wildman–Crippen LogP) is 24.4. The van der Waals surface area contributed by atoms with Crippen LogP contribution in [0.15, 0.2) is 304 Å². The number of furan rings is 1. The number of fused-ring (bicyclic) bond motifs is 5. The zero-order valence-electron chi connectivity index (χ0n) is 75.4. The smallest absolute Gasteiger partial charge is 0.416 e. The topological polar surface area (TPSA) is 328 Å². The lowest BCUT2D eigenvalue weighted by Gasteiger charge is -2.08. The third-order valence-electron chi connectivity index (χ3n) is 22.3. The molecule has 0 aliphatic carbocycles. The first-order valence-electron chi connectivity index (χ1n) is 43.3. The number of carbonyl (C=O) groups is 5. The molecule has 0 atom stereocenters. The average molecular weight is 2000 g/mol. The first kappa shape index (κ1) is 99.5. The summed E-state index contributed by atoms with van der Waals surface area (Å²) in [5.74, 6) is 0.425. The number of halogens is 15. The summed E-state index contributed by atoms with van der Waals surface area (Å²) in [5, 5.41) is 44.8. The lowest BCUT2D eigenvalue weighted by atomic mass is 10.1. The van der Waals surface area contributed by atoms with Gasteiger partial charge in [-0.15, -0.1) is 11.3 Å². The number of thiazole rings is 1. The summed E-state index contributed by atoms with van der Waals surface area (Å²) >= 11 is 1.31. The van der Waals surface area contributed by atoms with Gasteiger partial charge in [0.1, 0.15) is 17.1 Å². The van der Waals surface area contributed by atoms with Gasteiger partial charge >= 0.3 is 30.9 Å². The Morgan fingerprint density at radius 1 is 0.333 bits per heavy atom. The molecule has 0 unspecified atom stereocenters. The molecule has 27 nitrogen and oxygen atoms in total. The van der Waals surface area contributed by atoms with Crippen molar-refractivity contribution in [3.05, 3.63) is 397 Å².